The number of ether oxygens (including phenoxy) is 1. The summed E-state index contributed by atoms with van der Waals surface area (Å²) in [6.45, 7) is 0.684. The van der Waals surface area contributed by atoms with Crippen molar-refractivity contribution >= 4 is 15.9 Å². The number of benzene rings is 1. The van der Waals surface area contributed by atoms with Gasteiger partial charge in [-0.2, -0.15) is 0 Å². The highest BCUT2D eigenvalue weighted by molar-refractivity contribution is 9.10. The quantitative estimate of drug-likeness (QED) is 0.895. The van der Waals surface area contributed by atoms with Crippen molar-refractivity contribution in [3.05, 3.63) is 52.4 Å². The summed E-state index contributed by atoms with van der Waals surface area (Å²) in [7, 11) is 0. The maximum Gasteiger partial charge on any atom is 0.223 e. The molecule has 1 N–H and O–H groups in total. The first-order valence-corrected chi connectivity index (χ1v) is 7.32. The minimum atomic E-state index is -0.403. The lowest BCUT2D eigenvalue weighted by Gasteiger charge is -2.11. The van der Waals surface area contributed by atoms with Gasteiger partial charge in [-0.25, -0.2) is 9.37 Å². The molecule has 1 aliphatic carbocycles. The average Bonchev–Trinajstić information content (AvgIpc) is 3.26. The van der Waals surface area contributed by atoms with Crippen LogP contribution in [0.25, 0.3) is 0 Å². The zero-order valence-electron chi connectivity index (χ0n) is 10.8. The van der Waals surface area contributed by atoms with E-state index in [0.29, 0.717) is 18.5 Å². The third kappa shape index (κ3) is 3.35. The minimum absolute atomic E-state index is 0.172. The molecule has 5 heteroatoms. The largest absolute Gasteiger partial charge is 0.436 e. The fraction of sp³-hybridized carbons (Fsp3) is 0.267. The van der Waals surface area contributed by atoms with Crippen molar-refractivity contribution in [1.29, 1.82) is 0 Å². The lowest BCUT2D eigenvalue weighted by atomic mass is 10.2. The monoisotopic (exact) mass is 336 g/mol. The van der Waals surface area contributed by atoms with Crippen molar-refractivity contribution in [3.8, 4) is 11.6 Å². The Balaban J connectivity index is 1.80. The predicted octanol–water partition coefficient (Wildman–Crippen LogP) is 4.03. The Morgan fingerprint density at radius 2 is 2.20 bits per heavy atom. The highest BCUT2D eigenvalue weighted by atomic mass is 79.9. The molecule has 0 amide bonds. The molecule has 0 spiro atoms. The first kappa shape index (κ1) is 13.5. The molecule has 0 radical (unpaired) electrons. The fourth-order valence-corrected chi connectivity index (χ4v) is 2.19. The maximum atomic E-state index is 13.7. The number of halogens is 2. The van der Waals surface area contributed by atoms with Gasteiger partial charge in [0.2, 0.25) is 5.88 Å². The molecule has 0 aliphatic heterocycles. The standard InChI is InChI=1S/C15H14BrFN2O/c16-11-3-6-13(17)14(8-11)20-15-10(2-1-7-18-15)9-19-12-4-5-12/h1-3,6-8,12,19H,4-5,9H2. The molecule has 1 aliphatic rings. The average molecular weight is 337 g/mol. The summed E-state index contributed by atoms with van der Waals surface area (Å²) in [6.07, 6.45) is 4.08. The van der Waals surface area contributed by atoms with Gasteiger partial charge in [0, 0.05) is 28.8 Å². The van der Waals surface area contributed by atoms with Crippen LogP contribution in [-0.2, 0) is 6.54 Å². The van der Waals surface area contributed by atoms with Gasteiger partial charge in [0.15, 0.2) is 11.6 Å². The third-order valence-electron chi connectivity index (χ3n) is 3.11. The topological polar surface area (TPSA) is 34.1 Å². The SMILES string of the molecule is Fc1ccc(Br)cc1Oc1ncccc1CNC1CC1. The molecule has 104 valence electrons. The smallest absolute Gasteiger partial charge is 0.223 e. The molecule has 1 fully saturated rings. The van der Waals surface area contributed by atoms with Crippen LogP contribution in [0.5, 0.6) is 11.6 Å². The summed E-state index contributed by atoms with van der Waals surface area (Å²) < 4.78 is 20.1. The predicted molar refractivity (Wildman–Crippen MR) is 78.3 cm³/mol. The summed E-state index contributed by atoms with van der Waals surface area (Å²) in [5.74, 6) is 0.211. The van der Waals surface area contributed by atoms with Crippen LogP contribution in [-0.4, -0.2) is 11.0 Å². The molecule has 0 atom stereocenters. The minimum Gasteiger partial charge on any atom is -0.436 e. The second-order valence-corrected chi connectivity index (χ2v) is 5.72. The Hall–Kier alpha value is -1.46. The lowest BCUT2D eigenvalue weighted by Crippen LogP contribution is -2.16. The molecule has 1 aromatic heterocycles. The van der Waals surface area contributed by atoms with Gasteiger partial charge < -0.3 is 10.1 Å². The summed E-state index contributed by atoms with van der Waals surface area (Å²) in [5, 5.41) is 3.40. The molecule has 20 heavy (non-hydrogen) atoms. The van der Waals surface area contributed by atoms with Gasteiger partial charge in [-0.1, -0.05) is 22.0 Å². The van der Waals surface area contributed by atoms with E-state index in [4.69, 9.17) is 4.74 Å². The normalized spacial score (nSPS) is 14.3. The molecule has 3 rings (SSSR count). The van der Waals surface area contributed by atoms with E-state index in [9.17, 15) is 4.39 Å². The van der Waals surface area contributed by atoms with Gasteiger partial charge in [0.05, 0.1) is 0 Å². The van der Waals surface area contributed by atoms with Gasteiger partial charge in [0.1, 0.15) is 0 Å². The first-order chi connectivity index (χ1) is 9.72. The highest BCUT2D eigenvalue weighted by Crippen LogP contribution is 2.29. The number of aromatic nitrogens is 1. The molecular formula is C15H14BrFN2O. The van der Waals surface area contributed by atoms with E-state index in [2.05, 4.69) is 26.2 Å². The number of hydrogen-bond acceptors (Lipinski definition) is 3. The second-order valence-electron chi connectivity index (χ2n) is 4.80. The van der Waals surface area contributed by atoms with Gasteiger partial charge in [-0.15, -0.1) is 0 Å². The Labute approximate surface area is 125 Å². The zero-order valence-corrected chi connectivity index (χ0v) is 12.4. The molecule has 1 aromatic carbocycles. The summed E-state index contributed by atoms with van der Waals surface area (Å²) in [6, 6.07) is 9.00. The maximum absolute atomic E-state index is 13.7. The Kier molecular flexibility index (Phi) is 3.98. The number of nitrogens with zero attached hydrogens (tertiary/aromatic N) is 1. The third-order valence-corrected chi connectivity index (χ3v) is 3.60. The van der Waals surface area contributed by atoms with Crippen LogP contribution in [0.15, 0.2) is 41.0 Å². The van der Waals surface area contributed by atoms with Crippen molar-refractivity contribution in [2.24, 2.45) is 0 Å². The van der Waals surface area contributed by atoms with E-state index in [1.54, 1.807) is 18.3 Å². The van der Waals surface area contributed by atoms with Crippen molar-refractivity contribution in [2.75, 3.05) is 0 Å². The highest BCUT2D eigenvalue weighted by Gasteiger charge is 2.21. The van der Waals surface area contributed by atoms with Crippen LogP contribution in [0.1, 0.15) is 18.4 Å². The van der Waals surface area contributed by atoms with Crippen LogP contribution in [0.2, 0.25) is 0 Å². The van der Waals surface area contributed by atoms with Crippen molar-refractivity contribution in [2.45, 2.75) is 25.4 Å². The van der Waals surface area contributed by atoms with E-state index in [0.717, 1.165) is 10.0 Å². The van der Waals surface area contributed by atoms with E-state index in [1.807, 2.05) is 12.1 Å². The molecule has 0 saturated heterocycles. The second kappa shape index (κ2) is 5.89. The number of rotatable bonds is 5. The summed E-state index contributed by atoms with van der Waals surface area (Å²) in [4.78, 5) is 4.20. The number of pyridine rings is 1. The van der Waals surface area contributed by atoms with E-state index in [1.165, 1.54) is 18.9 Å². The van der Waals surface area contributed by atoms with Crippen molar-refractivity contribution in [3.63, 3.8) is 0 Å². The van der Waals surface area contributed by atoms with Crippen LogP contribution in [0, 0.1) is 5.82 Å². The van der Waals surface area contributed by atoms with Crippen LogP contribution >= 0.6 is 15.9 Å². The molecule has 0 bridgehead atoms. The first-order valence-electron chi connectivity index (χ1n) is 6.52. The zero-order chi connectivity index (χ0) is 13.9. The van der Waals surface area contributed by atoms with E-state index < -0.39 is 5.82 Å². The molecule has 1 heterocycles. The van der Waals surface area contributed by atoms with Gasteiger partial charge in [0.25, 0.3) is 0 Å². The van der Waals surface area contributed by atoms with Gasteiger partial charge in [-0.05, 0) is 37.1 Å². The van der Waals surface area contributed by atoms with Crippen molar-refractivity contribution < 1.29 is 9.13 Å². The van der Waals surface area contributed by atoms with Gasteiger partial charge >= 0.3 is 0 Å². The molecule has 0 unspecified atom stereocenters. The Morgan fingerprint density at radius 1 is 1.35 bits per heavy atom. The number of nitrogens with one attached hydrogen (secondary N) is 1. The van der Waals surface area contributed by atoms with Crippen LogP contribution in [0.4, 0.5) is 4.39 Å². The van der Waals surface area contributed by atoms with Gasteiger partial charge in [-0.3, -0.25) is 0 Å². The van der Waals surface area contributed by atoms with E-state index in [-0.39, 0.29) is 5.75 Å². The Morgan fingerprint density at radius 3 is 3.00 bits per heavy atom. The Bertz CT molecular complexity index is 617. The molecule has 2 aromatic rings. The van der Waals surface area contributed by atoms with Crippen LogP contribution < -0.4 is 10.1 Å². The summed E-state index contributed by atoms with van der Waals surface area (Å²) >= 11 is 3.31. The van der Waals surface area contributed by atoms with Crippen molar-refractivity contribution in [1.82, 2.24) is 10.3 Å². The molecule has 1 saturated carbocycles. The molecule has 3 nitrogen and oxygen atoms in total. The number of hydrogen-bond donors (Lipinski definition) is 1. The molecular weight excluding hydrogens is 323 g/mol. The fourth-order valence-electron chi connectivity index (χ4n) is 1.85. The summed E-state index contributed by atoms with van der Waals surface area (Å²) in [5.41, 5.74) is 0.929. The lowest BCUT2D eigenvalue weighted by molar-refractivity contribution is 0.420. The van der Waals surface area contributed by atoms with E-state index >= 15 is 0 Å². The van der Waals surface area contributed by atoms with Crippen LogP contribution in [0.3, 0.4) is 0 Å².